The molecule has 2 amide bonds. The summed E-state index contributed by atoms with van der Waals surface area (Å²) in [6, 6.07) is 13.3. The monoisotopic (exact) mass is 385 g/mol. The molecule has 0 aliphatic heterocycles. The summed E-state index contributed by atoms with van der Waals surface area (Å²) in [5, 5.41) is 12.0. The number of para-hydroxylation sites is 1. The molecule has 2 aromatic carbocycles. The van der Waals surface area contributed by atoms with Crippen molar-refractivity contribution in [3.05, 3.63) is 58.6 Å². The second-order valence-electron chi connectivity index (χ2n) is 5.26. The fourth-order valence-corrected chi connectivity index (χ4v) is 2.29. The second-order valence-corrected chi connectivity index (χ2v) is 5.67. The van der Waals surface area contributed by atoms with Gasteiger partial charge < -0.3 is 20.5 Å². The number of rotatable bonds is 7. The number of methoxy groups -OCH3 is 1. The molecule has 0 fully saturated rings. The maximum absolute atomic E-state index is 12.0. The third-order valence-electron chi connectivity index (χ3n) is 3.39. The number of ether oxygens (including phenoxy) is 2. The number of hydrogen-bond donors (Lipinski definition) is 2. The van der Waals surface area contributed by atoms with Gasteiger partial charge in [-0.25, -0.2) is 0 Å². The van der Waals surface area contributed by atoms with Gasteiger partial charge in [0.25, 0.3) is 11.8 Å². The molecule has 0 atom stereocenters. The van der Waals surface area contributed by atoms with Crippen molar-refractivity contribution in [1.29, 1.82) is 5.26 Å². The van der Waals surface area contributed by atoms with E-state index in [0.717, 1.165) is 0 Å². The number of amides is 2. The summed E-state index contributed by atoms with van der Waals surface area (Å²) in [6.07, 6.45) is 1.33. The van der Waals surface area contributed by atoms with E-state index in [2.05, 4.69) is 5.32 Å². The smallest absolute Gasteiger partial charge is 0.262 e. The molecule has 2 aromatic rings. The average molecular weight is 386 g/mol. The zero-order valence-corrected chi connectivity index (χ0v) is 15.1. The van der Waals surface area contributed by atoms with Crippen LogP contribution in [0.4, 0.5) is 5.69 Å². The van der Waals surface area contributed by atoms with Gasteiger partial charge in [0.1, 0.15) is 11.6 Å². The van der Waals surface area contributed by atoms with E-state index in [1.807, 2.05) is 0 Å². The minimum Gasteiger partial charge on any atom is -0.493 e. The summed E-state index contributed by atoms with van der Waals surface area (Å²) < 4.78 is 10.7. The average Bonchev–Trinajstić information content (AvgIpc) is 2.66. The van der Waals surface area contributed by atoms with Crippen LogP contribution >= 0.6 is 11.6 Å². The minimum atomic E-state index is -0.826. The van der Waals surface area contributed by atoms with Crippen molar-refractivity contribution >= 4 is 35.2 Å². The number of nitrogens with one attached hydrogen (secondary N) is 1. The van der Waals surface area contributed by atoms with Crippen molar-refractivity contribution in [3.63, 3.8) is 0 Å². The highest BCUT2D eigenvalue weighted by molar-refractivity contribution is 6.33. The molecule has 0 aromatic heterocycles. The van der Waals surface area contributed by atoms with E-state index in [0.29, 0.717) is 27.8 Å². The van der Waals surface area contributed by atoms with Crippen LogP contribution in [-0.2, 0) is 9.59 Å². The lowest BCUT2D eigenvalue weighted by Gasteiger charge is -2.12. The lowest BCUT2D eigenvalue weighted by Crippen LogP contribution is -2.20. The number of anilines is 1. The van der Waals surface area contributed by atoms with E-state index >= 15 is 0 Å². The van der Waals surface area contributed by atoms with Crippen LogP contribution in [0.5, 0.6) is 11.5 Å². The minimum absolute atomic E-state index is 0.190. The number of nitrogens with two attached hydrogens (primary N) is 1. The molecule has 2 rings (SSSR count). The SMILES string of the molecule is COc1cc(/C=C(\C#N)C(N)=O)ccc1OCC(=O)Nc1ccccc1Cl. The van der Waals surface area contributed by atoms with Gasteiger partial charge in [0.05, 0.1) is 17.8 Å². The second kappa shape index (κ2) is 9.27. The van der Waals surface area contributed by atoms with E-state index in [9.17, 15) is 9.59 Å². The quantitative estimate of drug-likeness (QED) is 0.561. The lowest BCUT2D eigenvalue weighted by atomic mass is 10.1. The summed E-state index contributed by atoms with van der Waals surface area (Å²) >= 11 is 5.99. The third-order valence-corrected chi connectivity index (χ3v) is 3.72. The molecule has 0 saturated carbocycles. The number of benzene rings is 2. The van der Waals surface area contributed by atoms with E-state index in [1.165, 1.54) is 13.2 Å². The van der Waals surface area contributed by atoms with Crippen LogP contribution in [0.15, 0.2) is 48.0 Å². The molecule has 8 heteroatoms. The fourth-order valence-electron chi connectivity index (χ4n) is 2.11. The number of primary amides is 1. The molecule has 0 radical (unpaired) electrons. The van der Waals surface area contributed by atoms with Crippen molar-refractivity contribution < 1.29 is 19.1 Å². The van der Waals surface area contributed by atoms with Crippen molar-refractivity contribution in [2.24, 2.45) is 5.73 Å². The number of nitrogens with zero attached hydrogens (tertiary/aromatic N) is 1. The van der Waals surface area contributed by atoms with Crippen molar-refractivity contribution in [1.82, 2.24) is 0 Å². The highest BCUT2D eigenvalue weighted by atomic mass is 35.5. The Morgan fingerprint density at radius 2 is 2.00 bits per heavy atom. The standard InChI is InChI=1S/C19H16ClN3O4/c1-26-17-9-12(8-13(10-21)19(22)25)6-7-16(17)27-11-18(24)23-15-5-3-2-4-14(15)20/h2-9H,11H2,1H3,(H2,22,25)(H,23,24)/b13-8+. The third kappa shape index (κ3) is 5.49. The highest BCUT2D eigenvalue weighted by Gasteiger charge is 2.11. The van der Waals surface area contributed by atoms with E-state index in [4.69, 9.17) is 32.1 Å². The molecule has 7 nitrogen and oxygen atoms in total. The molecule has 27 heavy (non-hydrogen) atoms. The van der Waals surface area contributed by atoms with E-state index < -0.39 is 11.8 Å². The van der Waals surface area contributed by atoms with Crippen LogP contribution in [0.25, 0.3) is 6.08 Å². The number of carbonyl (C=O) groups excluding carboxylic acids is 2. The Kier molecular flexibility index (Phi) is 6.80. The first-order chi connectivity index (χ1) is 12.9. The molecule has 0 saturated heterocycles. The first kappa shape index (κ1) is 19.8. The maximum Gasteiger partial charge on any atom is 0.262 e. The highest BCUT2D eigenvalue weighted by Crippen LogP contribution is 2.29. The summed E-state index contributed by atoms with van der Waals surface area (Å²) in [5.74, 6) is -0.569. The van der Waals surface area contributed by atoms with Gasteiger partial charge in [-0.05, 0) is 35.9 Å². The Balaban J connectivity index is 2.08. The Morgan fingerprint density at radius 1 is 1.26 bits per heavy atom. The van der Waals surface area contributed by atoms with Crippen LogP contribution in [0.2, 0.25) is 5.02 Å². The predicted molar refractivity (Wildman–Crippen MR) is 101 cm³/mol. The molecular weight excluding hydrogens is 370 g/mol. The molecule has 0 aliphatic rings. The zero-order valence-electron chi connectivity index (χ0n) is 14.4. The number of halogens is 1. The number of nitriles is 1. The lowest BCUT2D eigenvalue weighted by molar-refractivity contribution is -0.118. The van der Waals surface area contributed by atoms with Crippen LogP contribution < -0.4 is 20.5 Å². The normalized spacial score (nSPS) is 10.6. The number of carbonyl (C=O) groups is 2. The summed E-state index contributed by atoms with van der Waals surface area (Å²) in [7, 11) is 1.43. The number of hydrogen-bond acceptors (Lipinski definition) is 5. The van der Waals surface area contributed by atoms with Gasteiger partial charge in [-0.1, -0.05) is 29.8 Å². The molecule has 0 spiro atoms. The molecule has 0 unspecified atom stereocenters. The van der Waals surface area contributed by atoms with Crippen molar-refractivity contribution in [2.45, 2.75) is 0 Å². The molecule has 0 heterocycles. The zero-order chi connectivity index (χ0) is 19.8. The topological polar surface area (TPSA) is 114 Å². The Labute approximate surface area is 160 Å². The van der Waals surface area contributed by atoms with Crippen LogP contribution in [0, 0.1) is 11.3 Å². The van der Waals surface area contributed by atoms with Crippen LogP contribution in [0.1, 0.15) is 5.56 Å². The van der Waals surface area contributed by atoms with Gasteiger partial charge in [0, 0.05) is 0 Å². The van der Waals surface area contributed by atoms with E-state index in [1.54, 1.807) is 48.5 Å². The molecule has 138 valence electrons. The van der Waals surface area contributed by atoms with Gasteiger partial charge in [0.15, 0.2) is 18.1 Å². The molecule has 0 bridgehead atoms. The van der Waals surface area contributed by atoms with Crippen molar-refractivity contribution in [2.75, 3.05) is 19.0 Å². The first-order valence-corrected chi connectivity index (χ1v) is 8.09. The summed E-state index contributed by atoms with van der Waals surface area (Å²) in [6.45, 7) is -0.262. The van der Waals surface area contributed by atoms with Gasteiger partial charge in [0.2, 0.25) is 0 Å². The van der Waals surface area contributed by atoms with Gasteiger partial charge in [-0.15, -0.1) is 0 Å². The maximum atomic E-state index is 12.0. The summed E-state index contributed by atoms with van der Waals surface area (Å²) in [5.41, 5.74) is 5.93. The van der Waals surface area contributed by atoms with Gasteiger partial charge in [-0.3, -0.25) is 9.59 Å². The molecule has 0 aliphatic carbocycles. The predicted octanol–water partition coefficient (Wildman–Crippen LogP) is 2.76. The first-order valence-electron chi connectivity index (χ1n) is 7.71. The van der Waals surface area contributed by atoms with Crippen LogP contribution in [0.3, 0.4) is 0 Å². The molecule has 3 N–H and O–H groups in total. The largest absolute Gasteiger partial charge is 0.493 e. The molecular formula is C19H16ClN3O4. The van der Waals surface area contributed by atoms with Gasteiger partial charge >= 0.3 is 0 Å². The van der Waals surface area contributed by atoms with E-state index in [-0.39, 0.29) is 12.2 Å². The Bertz CT molecular complexity index is 935. The fraction of sp³-hybridized carbons (Fsp3) is 0.105. The Hall–Kier alpha value is -3.50. The summed E-state index contributed by atoms with van der Waals surface area (Å²) in [4.78, 5) is 23.2. The van der Waals surface area contributed by atoms with Crippen molar-refractivity contribution in [3.8, 4) is 17.6 Å². The Morgan fingerprint density at radius 3 is 2.63 bits per heavy atom. The van der Waals surface area contributed by atoms with Crippen LogP contribution in [-0.4, -0.2) is 25.5 Å². The van der Waals surface area contributed by atoms with Gasteiger partial charge in [-0.2, -0.15) is 5.26 Å².